The Morgan fingerprint density at radius 1 is 1.07 bits per heavy atom. The molecule has 0 bridgehead atoms. The van der Waals surface area contributed by atoms with Gasteiger partial charge in [0.2, 0.25) is 0 Å². The standard InChI is InChI=1S/C21H24N2O4/c1-16(20(24)22-19-5-3-2-4-6-19)27-21(25)18-9-7-17(8-10-18)15-23-11-13-26-14-12-23/h2-10,16H,11-15H2,1H3,(H,22,24)/t16-/m1/s1. The van der Waals surface area contributed by atoms with Gasteiger partial charge in [0.1, 0.15) is 0 Å². The molecule has 1 amide bonds. The first kappa shape index (κ1) is 19.1. The molecule has 1 atom stereocenters. The van der Waals surface area contributed by atoms with E-state index >= 15 is 0 Å². The van der Waals surface area contributed by atoms with Gasteiger partial charge in [0.25, 0.3) is 5.91 Å². The van der Waals surface area contributed by atoms with Crippen LogP contribution in [0, 0.1) is 0 Å². The van der Waals surface area contributed by atoms with E-state index in [4.69, 9.17) is 9.47 Å². The Morgan fingerprint density at radius 2 is 1.74 bits per heavy atom. The first-order valence-electron chi connectivity index (χ1n) is 9.08. The Balaban J connectivity index is 1.51. The monoisotopic (exact) mass is 368 g/mol. The molecule has 1 fully saturated rings. The van der Waals surface area contributed by atoms with Crippen LogP contribution in [-0.2, 0) is 20.8 Å². The second kappa shape index (κ2) is 9.30. The van der Waals surface area contributed by atoms with Crippen LogP contribution in [0.5, 0.6) is 0 Å². The zero-order valence-electron chi connectivity index (χ0n) is 15.4. The van der Waals surface area contributed by atoms with Crippen molar-refractivity contribution in [2.24, 2.45) is 0 Å². The number of hydrogen-bond acceptors (Lipinski definition) is 5. The van der Waals surface area contributed by atoms with Crippen molar-refractivity contribution in [1.82, 2.24) is 4.90 Å². The molecule has 0 spiro atoms. The molecule has 142 valence electrons. The highest BCUT2D eigenvalue weighted by Crippen LogP contribution is 2.12. The summed E-state index contributed by atoms with van der Waals surface area (Å²) in [7, 11) is 0. The molecule has 6 heteroatoms. The van der Waals surface area contributed by atoms with E-state index in [1.807, 2.05) is 30.3 Å². The molecule has 0 saturated carbocycles. The Bertz CT molecular complexity index is 756. The first-order chi connectivity index (χ1) is 13.1. The van der Waals surface area contributed by atoms with Crippen molar-refractivity contribution >= 4 is 17.6 Å². The molecule has 27 heavy (non-hydrogen) atoms. The van der Waals surface area contributed by atoms with Crippen LogP contribution in [0.1, 0.15) is 22.8 Å². The van der Waals surface area contributed by atoms with Gasteiger partial charge in [-0.1, -0.05) is 30.3 Å². The third kappa shape index (κ3) is 5.64. The van der Waals surface area contributed by atoms with Gasteiger partial charge in [0.15, 0.2) is 6.10 Å². The van der Waals surface area contributed by atoms with E-state index in [-0.39, 0.29) is 5.91 Å². The number of rotatable bonds is 6. The maximum absolute atomic E-state index is 12.3. The summed E-state index contributed by atoms with van der Waals surface area (Å²) in [4.78, 5) is 26.7. The zero-order chi connectivity index (χ0) is 19.1. The second-order valence-electron chi connectivity index (χ2n) is 6.49. The van der Waals surface area contributed by atoms with Crippen molar-refractivity contribution in [3.63, 3.8) is 0 Å². The topological polar surface area (TPSA) is 67.9 Å². The summed E-state index contributed by atoms with van der Waals surface area (Å²) in [6.07, 6.45) is -0.884. The Labute approximate surface area is 159 Å². The molecule has 2 aromatic carbocycles. The lowest BCUT2D eigenvalue weighted by Gasteiger charge is -2.26. The molecule has 0 aromatic heterocycles. The van der Waals surface area contributed by atoms with Gasteiger partial charge in [-0.15, -0.1) is 0 Å². The Morgan fingerprint density at radius 3 is 2.41 bits per heavy atom. The Kier molecular flexibility index (Phi) is 6.57. The minimum atomic E-state index is -0.884. The lowest BCUT2D eigenvalue weighted by molar-refractivity contribution is -0.123. The lowest BCUT2D eigenvalue weighted by atomic mass is 10.1. The van der Waals surface area contributed by atoms with Gasteiger partial charge in [-0.3, -0.25) is 9.69 Å². The quantitative estimate of drug-likeness (QED) is 0.794. The molecular formula is C21H24N2O4. The van der Waals surface area contributed by atoms with E-state index < -0.39 is 12.1 Å². The summed E-state index contributed by atoms with van der Waals surface area (Å²) in [5, 5.41) is 2.72. The van der Waals surface area contributed by atoms with Crippen molar-refractivity contribution in [3.8, 4) is 0 Å². The van der Waals surface area contributed by atoms with Gasteiger partial charge in [-0.2, -0.15) is 0 Å². The van der Waals surface area contributed by atoms with Crippen LogP contribution in [0.2, 0.25) is 0 Å². The number of nitrogens with zero attached hydrogens (tertiary/aromatic N) is 1. The molecule has 1 aliphatic heterocycles. The summed E-state index contributed by atoms with van der Waals surface area (Å²) in [5.74, 6) is -0.873. The third-order valence-corrected chi connectivity index (χ3v) is 4.39. The van der Waals surface area contributed by atoms with Gasteiger partial charge < -0.3 is 14.8 Å². The fraction of sp³-hybridized carbons (Fsp3) is 0.333. The molecule has 2 aromatic rings. The molecule has 0 radical (unpaired) electrons. The smallest absolute Gasteiger partial charge is 0.338 e. The summed E-state index contributed by atoms with van der Waals surface area (Å²) in [6, 6.07) is 16.4. The molecule has 0 unspecified atom stereocenters. The predicted octanol–water partition coefficient (Wildman–Crippen LogP) is 2.70. The van der Waals surface area contributed by atoms with Gasteiger partial charge in [0.05, 0.1) is 18.8 Å². The number of para-hydroxylation sites is 1. The van der Waals surface area contributed by atoms with Crippen LogP contribution in [0.3, 0.4) is 0 Å². The number of amides is 1. The minimum Gasteiger partial charge on any atom is -0.449 e. The molecule has 1 aliphatic rings. The maximum atomic E-state index is 12.3. The van der Waals surface area contributed by atoms with E-state index in [1.165, 1.54) is 0 Å². The molecule has 1 N–H and O–H groups in total. The van der Waals surface area contributed by atoms with Gasteiger partial charge >= 0.3 is 5.97 Å². The number of ether oxygens (including phenoxy) is 2. The highest BCUT2D eigenvalue weighted by atomic mass is 16.5. The van der Waals surface area contributed by atoms with E-state index in [0.29, 0.717) is 11.3 Å². The summed E-state index contributed by atoms with van der Waals surface area (Å²) >= 11 is 0. The van der Waals surface area contributed by atoms with Crippen LogP contribution in [0.25, 0.3) is 0 Å². The van der Waals surface area contributed by atoms with Gasteiger partial charge in [-0.05, 0) is 36.8 Å². The van der Waals surface area contributed by atoms with Gasteiger partial charge in [-0.25, -0.2) is 4.79 Å². The average Bonchev–Trinajstić information content (AvgIpc) is 2.70. The van der Waals surface area contributed by atoms with Crippen LogP contribution >= 0.6 is 0 Å². The van der Waals surface area contributed by atoms with Crippen LogP contribution < -0.4 is 5.32 Å². The summed E-state index contributed by atoms with van der Waals surface area (Å²) in [6.45, 7) is 5.73. The van der Waals surface area contributed by atoms with E-state index in [1.54, 1.807) is 31.2 Å². The van der Waals surface area contributed by atoms with Gasteiger partial charge in [0, 0.05) is 25.3 Å². The highest BCUT2D eigenvalue weighted by Gasteiger charge is 2.19. The highest BCUT2D eigenvalue weighted by molar-refractivity contribution is 5.97. The number of morpholine rings is 1. The number of benzene rings is 2. The number of carbonyl (C=O) groups is 2. The summed E-state index contributed by atoms with van der Waals surface area (Å²) in [5.41, 5.74) is 2.22. The fourth-order valence-corrected chi connectivity index (χ4v) is 2.81. The van der Waals surface area contributed by atoms with Crippen molar-refractivity contribution in [2.75, 3.05) is 31.6 Å². The maximum Gasteiger partial charge on any atom is 0.338 e. The van der Waals surface area contributed by atoms with Crippen molar-refractivity contribution in [2.45, 2.75) is 19.6 Å². The zero-order valence-corrected chi connectivity index (χ0v) is 15.4. The molecule has 0 aliphatic carbocycles. The molecule has 3 rings (SSSR count). The first-order valence-corrected chi connectivity index (χ1v) is 9.08. The number of hydrogen-bond donors (Lipinski definition) is 1. The minimum absolute atomic E-state index is 0.363. The molecular weight excluding hydrogens is 344 g/mol. The number of esters is 1. The van der Waals surface area contributed by atoms with E-state index in [2.05, 4.69) is 10.2 Å². The number of nitrogens with one attached hydrogen (secondary N) is 1. The van der Waals surface area contributed by atoms with Crippen molar-refractivity contribution in [3.05, 3.63) is 65.7 Å². The van der Waals surface area contributed by atoms with E-state index in [0.717, 1.165) is 38.4 Å². The SMILES string of the molecule is C[C@@H](OC(=O)c1ccc(CN2CCOCC2)cc1)C(=O)Nc1ccccc1. The summed E-state index contributed by atoms with van der Waals surface area (Å²) < 4.78 is 10.6. The largest absolute Gasteiger partial charge is 0.449 e. The van der Waals surface area contributed by atoms with E-state index in [9.17, 15) is 9.59 Å². The average molecular weight is 368 g/mol. The Hall–Kier alpha value is -2.70. The van der Waals surface area contributed by atoms with Crippen molar-refractivity contribution in [1.29, 1.82) is 0 Å². The molecule has 6 nitrogen and oxygen atoms in total. The number of anilines is 1. The van der Waals surface area contributed by atoms with Crippen LogP contribution in [-0.4, -0.2) is 49.2 Å². The fourth-order valence-electron chi connectivity index (χ4n) is 2.81. The second-order valence-corrected chi connectivity index (χ2v) is 6.49. The molecule has 1 saturated heterocycles. The lowest BCUT2D eigenvalue weighted by Crippen LogP contribution is -2.35. The van der Waals surface area contributed by atoms with Crippen LogP contribution in [0.4, 0.5) is 5.69 Å². The van der Waals surface area contributed by atoms with Crippen LogP contribution in [0.15, 0.2) is 54.6 Å². The predicted molar refractivity (Wildman–Crippen MR) is 102 cm³/mol. The normalized spacial score (nSPS) is 15.7. The number of carbonyl (C=O) groups excluding carboxylic acids is 2. The van der Waals surface area contributed by atoms with Crippen molar-refractivity contribution < 1.29 is 19.1 Å². The molecule has 1 heterocycles. The third-order valence-electron chi connectivity index (χ3n) is 4.39.